The number of nitrogens with zero attached hydrogens (tertiary/aromatic N) is 3. The van der Waals surface area contributed by atoms with Crippen LogP contribution in [-0.4, -0.2) is 21.2 Å². The smallest absolute Gasteiger partial charge is 0.249 e. The third-order valence-electron chi connectivity index (χ3n) is 3.94. The number of aromatic nitrogens is 3. The fourth-order valence-corrected chi connectivity index (χ4v) is 2.94. The molecule has 0 unspecified atom stereocenters. The van der Waals surface area contributed by atoms with E-state index in [4.69, 9.17) is 11.6 Å². The van der Waals surface area contributed by atoms with E-state index < -0.39 is 5.82 Å². The van der Waals surface area contributed by atoms with Crippen LogP contribution >= 0.6 is 11.6 Å². The molecule has 1 aliphatic carbocycles. The quantitative estimate of drug-likeness (QED) is 0.803. The van der Waals surface area contributed by atoms with Gasteiger partial charge in [0.15, 0.2) is 5.82 Å². The Hall–Kier alpha value is -1.95. The maximum Gasteiger partial charge on any atom is 0.249 e. The second-order valence-corrected chi connectivity index (χ2v) is 6.16. The molecule has 1 heterocycles. The van der Waals surface area contributed by atoms with E-state index in [0.29, 0.717) is 23.5 Å². The van der Waals surface area contributed by atoms with Crippen LogP contribution in [0.25, 0.3) is 0 Å². The third kappa shape index (κ3) is 4.51. The van der Waals surface area contributed by atoms with E-state index in [-0.39, 0.29) is 5.02 Å². The van der Waals surface area contributed by atoms with Crippen LogP contribution in [0.4, 0.5) is 21.8 Å². The van der Waals surface area contributed by atoms with E-state index in [0.717, 1.165) is 12.8 Å². The summed E-state index contributed by atoms with van der Waals surface area (Å²) in [6.07, 6.45) is 9.02. The zero-order valence-corrected chi connectivity index (χ0v) is 13.5. The Balaban J connectivity index is 1.67. The average Bonchev–Trinajstić information content (AvgIpc) is 2.80. The van der Waals surface area contributed by atoms with Gasteiger partial charge in [-0.15, -0.1) is 5.10 Å². The predicted molar refractivity (Wildman–Crippen MR) is 89.6 cm³/mol. The fraction of sp³-hybridized carbons (Fsp3) is 0.438. The van der Waals surface area contributed by atoms with Gasteiger partial charge < -0.3 is 10.6 Å². The first-order chi connectivity index (χ1) is 11.2. The minimum absolute atomic E-state index is 0.0516. The number of hydrogen-bond acceptors (Lipinski definition) is 5. The van der Waals surface area contributed by atoms with E-state index in [1.807, 2.05) is 0 Å². The molecule has 0 atom stereocenters. The Kier molecular flexibility index (Phi) is 5.23. The summed E-state index contributed by atoms with van der Waals surface area (Å²) in [7, 11) is 0. The Morgan fingerprint density at radius 1 is 1.13 bits per heavy atom. The molecule has 1 fully saturated rings. The monoisotopic (exact) mass is 335 g/mol. The summed E-state index contributed by atoms with van der Waals surface area (Å²) in [5.74, 6) is 0.592. The third-order valence-corrected chi connectivity index (χ3v) is 4.23. The van der Waals surface area contributed by atoms with Crippen molar-refractivity contribution in [3.63, 3.8) is 0 Å². The molecular weight excluding hydrogens is 317 g/mol. The van der Waals surface area contributed by atoms with E-state index in [1.165, 1.54) is 37.8 Å². The highest BCUT2D eigenvalue weighted by molar-refractivity contribution is 6.31. The van der Waals surface area contributed by atoms with Crippen molar-refractivity contribution in [2.45, 2.75) is 44.6 Å². The molecule has 0 bridgehead atoms. The van der Waals surface area contributed by atoms with Crippen molar-refractivity contribution in [3.8, 4) is 0 Å². The number of nitrogens with one attached hydrogen (secondary N) is 2. The van der Waals surface area contributed by atoms with Crippen LogP contribution in [0.1, 0.15) is 38.5 Å². The van der Waals surface area contributed by atoms with Crippen molar-refractivity contribution in [2.75, 3.05) is 10.6 Å². The molecule has 0 saturated heterocycles. The lowest BCUT2D eigenvalue weighted by Crippen LogP contribution is -2.19. The second-order valence-electron chi connectivity index (χ2n) is 5.75. The highest BCUT2D eigenvalue weighted by Crippen LogP contribution is 2.23. The molecule has 2 aromatic rings. The zero-order chi connectivity index (χ0) is 16.1. The van der Waals surface area contributed by atoms with Gasteiger partial charge in [0.1, 0.15) is 5.82 Å². The molecule has 1 aromatic carbocycles. The molecule has 1 aliphatic rings. The molecule has 3 rings (SSSR count). The van der Waals surface area contributed by atoms with E-state index >= 15 is 0 Å². The van der Waals surface area contributed by atoms with E-state index in [9.17, 15) is 4.39 Å². The summed E-state index contributed by atoms with van der Waals surface area (Å²) < 4.78 is 13.2. The molecule has 5 nitrogen and oxygen atoms in total. The average molecular weight is 336 g/mol. The lowest BCUT2D eigenvalue weighted by molar-refractivity contribution is 0.617. The Bertz CT molecular complexity index is 659. The highest BCUT2D eigenvalue weighted by atomic mass is 35.5. The second kappa shape index (κ2) is 7.55. The van der Waals surface area contributed by atoms with Gasteiger partial charge in [0.25, 0.3) is 0 Å². The van der Waals surface area contributed by atoms with Gasteiger partial charge in [-0.05, 0) is 31.0 Å². The number of halogens is 2. The van der Waals surface area contributed by atoms with E-state index in [1.54, 1.807) is 12.3 Å². The SMILES string of the molecule is Fc1ccc(Nc2nncc(NC3CCCCCC3)n2)cc1Cl. The number of hydrogen-bond donors (Lipinski definition) is 2. The summed E-state index contributed by atoms with van der Waals surface area (Å²) in [5, 5.41) is 14.4. The van der Waals surface area contributed by atoms with Crippen LogP contribution in [0.15, 0.2) is 24.4 Å². The molecular formula is C16H19ClFN5. The van der Waals surface area contributed by atoms with Crippen molar-refractivity contribution in [2.24, 2.45) is 0 Å². The maximum absolute atomic E-state index is 13.2. The first kappa shape index (κ1) is 15.9. The van der Waals surface area contributed by atoms with Crippen LogP contribution in [0.3, 0.4) is 0 Å². The molecule has 2 N–H and O–H groups in total. The summed E-state index contributed by atoms with van der Waals surface area (Å²) in [5.41, 5.74) is 0.616. The lowest BCUT2D eigenvalue weighted by Gasteiger charge is -2.16. The molecule has 0 spiro atoms. The highest BCUT2D eigenvalue weighted by Gasteiger charge is 2.13. The topological polar surface area (TPSA) is 62.7 Å². The van der Waals surface area contributed by atoms with Crippen LogP contribution in [0.5, 0.6) is 0 Å². The molecule has 1 aromatic heterocycles. The summed E-state index contributed by atoms with van der Waals surface area (Å²) in [6.45, 7) is 0. The standard InChI is InChI=1S/C16H19ClFN5/c17-13-9-12(7-8-14(13)18)21-16-22-15(10-19-23-16)20-11-5-3-1-2-4-6-11/h7-11H,1-6H2,(H2,20,21,22,23). The van der Waals surface area contributed by atoms with Gasteiger partial charge >= 0.3 is 0 Å². The number of rotatable bonds is 4. The molecule has 0 radical (unpaired) electrons. The molecule has 122 valence electrons. The molecule has 7 heteroatoms. The van der Waals surface area contributed by atoms with Crippen LogP contribution in [0, 0.1) is 5.82 Å². The number of benzene rings is 1. The maximum atomic E-state index is 13.2. The Morgan fingerprint density at radius 3 is 2.65 bits per heavy atom. The minimum atomic E-state index is -0.458. The van der Waals surface area contributed by atoms with Crippen LogP contribution in [0.2, 0.25) is 5.02 Å². The zero-order valence-electron chi connectivity index (χ0n) is 12.7. The summed E-state index contributed by atoms with van der Waals surface area (Å²) >= 11 is 5.77. The lowest BCUT2D eigenvalue weighted by atomic mass is 10.1. The van der Waals surface area contributed by atoms with Gasteiger partial charge in [0.2, 0.25) is 5.95 Å². The van der Waals surface area contributed by atoms with Gasteiger partial charge in [-0.2, -0.15) is 10.1 Å². The van der Waals surface area contributed by atoms with Crippen LogP contribution in [-0.2, 0) is 0 Å². The first-order valence-corrected chi connectivity index (χ1v) is 8.27. The van der Waals surface area contributed by atoms with Crippen molar-refractivity contribution in [1.82, 2.24) is 15.2 Å². The number of anilines is 3. The molecule has 0 amide bonds. The van der Waals surface area contributed by atoms with E-state index in [2.05, 4.69) is 25.8 Å². The molecule has 1 saturated carbocycles. The first-order valence-electron chi connectivity index (χ1n) is 7.89. The van der Waals surface area contributed by atoms with Crippen molar-refractivity contribution in [1.29, 1.82) is 0 Å². The van der Waals surface area contributed by atoms with Gasteiger partial charge in [-0.1, -0.05) is 37.3 Å². The summed E-state index contributed by atoms with van der Waals surface area (Å²) in [6, 6.07) is 4.80. The largest absolute Gasteiger partial charge is 0.366 e. The predicted octanol–water partition coefficient (Wildman–Crippen LogP) is 4.54. The van der Waals surface area contributed by atoms with Crippen LogP contribution < -0.4 is 10.6 Å². The molecule has 0 aliphatic heterocycles. The minimum Gasteiger partial charge on any atom is -0.366 e. The summed E-state index contributed by atoms with van der Waals surface area (Å²) in [4.78, 5) is 4.41. The Labute approximate surface area is 139 Å². The van der Waals surface area contributed by atoms with Gasteiger partial charge in [0, 0.05) is 11.7 Å². The van der Waals surface area contributed by atoms with Gasteiger partial charge in [0.05, 0.1) is 11.2 Å². The van der Waals surface area contributed by atoms with Gasteiger partial charge in [-0.25, -0.2) is 4.39 Å². The van der Waals surface area contributed by atoms with Crippen molar-refractivity contribution >= 4 is 29.1 Å². The van der Waals surface area contributed by atoms with Crippen molar-refractivity contribution < 1.29 is 4.39 Å². The van der Waals surface area contributed by atoms with Crippen molar-refractivity contribution in [3.05, 3.63) is 35.2 Å². The van der Waals surface area contributed by atoms with Gasteiger partial charge in [-0.3, -0.25) is 0 Å². The fourth-order valence-electron chi connectivity index (χ4n) is 2.76. The normalized spacial score (nSPS) is 15.9. The Morgan fingerprint density at radius 2 is 1.91 bits per heavy atom. The molecule has 23 heavy (non-hydrogen) atoms.